The molecule has 2 aromatic rings. The lowest BCUT2D eigenvalue weighted by molar-refractivity contribution is -0.121. The van der Waals surface area contributed by atoms with Gasteiger partial charge in [0.25, 0.3) is 0 Å². The smallest absolute Gasteiger partial charge is 0.407 e. The zero-order valence-corrected chi connectivity index (χ0v) is 15.7. The number of carbonyl (C=O) groups is 2. The average Bonchev–Trinajstić information content (AvgIpc) is 2.97. The Morgan fingerprint density at radius 2 is 1.92 bits per heavy atom. The van der Waals surface area contributed by atoms with Crippen molar-refractivity contribution in [2.75, 3.05) is 6.54 Å². The first kappa shape index (κ1) is 19.5. The third-order valence-corrected chi connectivity index (χ3v) is 3.58. The van der Waals surface area contributed by atoms with Crippen LogP contribution < -0.4 is 10.6 Å². The number of nitrogens with zero attached hydrogens (tertiary/aromatic N) is 2. The van der Waals surface area contributed by atoms with Crippen LogP contribution in [0.3, 0.4) is 0 Å². The maximum absolute atomic E-state index is 12.4. The Bertz CT molecular complexity index is 735. The van der Waals surface area contributed by atoms with E-state index in [0.29, 0.717) is 0 Å². The van der Waals surface area contributed by atoms with Gasteiger partial charge in [0.2, 0.25) is 5.91 Å². The molecule has 26 heavy (non-hydrogen) atoms. The van der Waals surface area contributed by atoms with Crippen LogP contribution in [0.5, 0.6) is 0 Å². The molecule has 1 aromatic heterocycles. The van der Waals surface area contributed by atoms with E-state index in [0.717, 1.165) is 11.4 Å². The lowest BCUT2D eigenvalue weighted by atomic mass is 10.1. The van der Waals surface area contributed by atoms with E-state index >= 15 is 0 Å². The highest BCUT2D eigenvalue weighted by atomic mass is 16.6. The summed E-state index contributed by atoms with van der Waals surface area (Å²) in [6.07, 6.45) is 3.14. The summed E-state index contributed by atoms with van der Waals surface area (Å²) >= 11 is 0. The predicted molar refractivity (Wildman–Crippen MR) is 98.5 cm³/mol. The SMILES string of the molecule is Cn1ccnc1C(NC(=O)CCNC(=O)OC(C)(C)C)c1ccccc1. The lowest BCUT2D eigenvalue weighted by Crippen LogP contribution is -2.36. The number of nitrogens with one attached hydrogen (secondary N) is 2. The highest BCUT2D eigenvalue weighted by Gasteiger charge is 2.21. The molecule has 1 heterocycles. The molecular formula is C19H26N4O3. The fraction of sp³-hybridized carbons (Fsp3) is 0.421. The van der Waals surface area contributed by atoms with Gasteiger partial charge in [0.1, 0.15) is 17.5 Å². The fourth-order valence-electron chi connectivity index (χ4n) is 2.42. The molecule has 1 aromatic carbocycles. The van der Waals surface area contributed by atoms with Crippen molar-refractivity contribution in [1.82, 2.24) is 20.2 Å². The zero-order valence-electron chi connectivity index (χ0n) is 15.7. The van der Waals surface area contributed by atoms with Crippen LogP contribution in [-0.4, -0.2) is 33.7 Å². The molecule has 1 unspecified atom stereocenters. The molecule has 0 aliphatic carbocycles. The Labute approximate surface area is 153 Å². The van der Waals surface area contributed by atoms with Crippen LogP contribution >= 0.6 is 0 Å². The molecule has 1 atom stereocenters. The van der Waals surface area contributed by atoms with Crippen LogP contribution in [0.4, 0.5) is 4.79 Å². The number of carbonyl (C=O) groups excluding carboxylic acids is 2. The van der Waals surface area contributed by atoms with E-state index in [1.807, 2.05) is 48.1 Å². The minimum atomic E-state index is -0.567. The second-order valence-corrected chi connectivity index (χ2v) is 6.99. The number of rotatable bonds is 6. The van der Waals surface area contributed by atoms with Crippen LogP contribution in [0, 0.1) is 0 Å². The first-order valence-electron chi connectivity index (χ1n) is 8.54. The minimum Gasteiger partial charge on any atom is -0.444 e. The van der Waals surface area contributed by atoms with E-state index in [4.69, 9.17) is 4.74 Å². The fourth-order valence-corrected chi connectivity index (χ4v) is 2.42. The van der Waals surface area contributed by atoms with Crippen LogP contribution in [0.2, 0.25) is 0 Å². The van der Waals surface area contributed by atoms with Gasteiger partial charge in [-0.15, -0.1) is 0 Å². The number of aryl methyl sites for hydroxylation is 1. The Morgan fingerprint density at radius 1 is 1.23 bits per heavy atom. The van der Waals surface area contributed by atoms with Crippen molar-refractivity contribution in [3.63, 3.8) is 0 Å². The van der Waals surface area contributed by atoms with Crippen molar-refractivity contribution < 1.29 is 14.3 Å². The Kier molecular flexibility index (Phi) is 6.38. The van der Waals surface area contributed by atoms with Gasteiger partial charge in [-0.3, -0.25) is 4.79 Å². The molecule has 0 radical (unpaired) electrons. The first-order chi connectivity index (χ1) is 12.3. The van der Waals surface area contributed by atoms with Crippen molar-refractivity contribution in [1.29, 1.82) is 0 Å². The summed E-state index contributed by atoms with van der Waals surface area (Å²) in [4.78, 5) is 28.3. The number of alkyl carbamates (subject to hydrolysis) is 1. The topological polar surface area (TPSA) is 85.3 Å². The van der Waals surface area contributed by atoms with Gasteiger partial charge in [-0.2, -0.15) is 0 Å². The number of ether oxygens (including phenoxy) is 1. The predicted octanol–water partition coefficient (Wildman–Crippen LogP) is 2.54. The van der Waals surface area contributed by atoms with Gasteiger partial charge in [0, 0.05) is 32.4 Å². The Balaban J connectivity index is 1.95. The second kappa shape index (κ2) is 8.51. The van der Waals surface area contributed by atoms with E-state index in [2.05, 4.69) is 15.6 Å². The van der Waals surface area contributed by atoms with Gasteiger partial charge in [-0.25, -0.2) is 9.78 Å². The van der Waals surface area contributed by atoms with Crippen molar-refractivity contribution in [2.45, 2.75) is 38.8 Å². The van der Waals surface area contributed by atoms with E-state index in [1.165, 1.54) is 0 Å². The highest BCUT2D eigenvalue weighted by molar-refractivity contribution is 5.77. The third kappa shape index (κ3) is 5.91. The van der Waals surface area contributed by atoms with Crippen molar-refractivity contribution in [3.05, 3.63) is 54.1 Å². The molecule has 0 fully saturated rings. The van der Waals surface area contributed by atoms with Gasteiger partial charge < -0.3 is 19.9 Å². The van der Waals surface area contributed by atoms with E-state index < -0.39 is 11.7 Å². The summed E-state index contributed by atoms with van der Waals surface area (Å²) in [7, 11) is 1.88. The Morgan fingerprint density at radius 3 is 2.50 bits per heavy atom. The van der Waals surface area contributed by atoms with Crippen molar-refractivity contribution in [2.24, 2.45) is 7.05 Å². The van der Waals surface area contributed by atoms with E-state index in [1.54, 1.807) is 27.0 Å². The molecule has 0 aliphatic heterocycles. The van der Waals surface area contributed by atoms with Crippen LogP contribution in [0.1, 0.15) is 44.6 Å². The number of hydrogen-bond acceptors (Lipinski definition) is 4. The average molecular weight is 358 g/mol. The van der Waals surface area contributed by atoms with Crippen molar-refractivity contribution >= 4 is 12.0 Å². The highest BCUT2D eigenvalue weighted by Crippen LogP contribution is 2.20. The normalized spacial score (nSPS) is 12.3. The van der Waals surface area contributed by atoms with E-state index in [9.17, 15) is 9.59 Å². The molecule has 7 nitrogen and oxygen atoms in total. The first-order valence-corrected chi connectivity index (χ1v) is 8.54. The molecule has 140 valence electrons. The maximum atomic E-state index is 12.4. The molecule has 0 aliphatic rings. The number of imidazole rings is 1. The van der Waals surface area contributed by atoms with E-state index in [-0.39, 0.29) is 24.9 Å². The number of aromatic nitrogens is 2. The summed E-state index contributed by atoms with van der Waals surface area (Å²) in [6, 6.07) is 9.29. The van der Waals surface area contributed by atoms with Gasteiger partial charge in [-0.05, 0) is 26.3 Å². The second-order valence-electron chi connectivity index (χ2n) is 6.99. The Hall–Kier alpha value is -2.83. The van der Waals surface area contributed by atoms with Crippen LogP contribution in [0.25, 0.3) is 0 Å². The molecular weight excluding hydrogens is 332 g/mol. The summed E-state index contributed by atoms with van der Waals surface area (Å²) in [6.45, 7) is 5.56. The maximum Gasteiger partial charge on any atom is 0.407 e. The standard InChI is InChI=1S/C19H26N4O3/c1-19(2,3)26-18(25)21-11-10-15(24)22-16(14-8-6-5-7-9-14)17-20-12-13-23(17)4/h5-9,12-13,16H,10-11H2,1-4H3,(H,21,25)(H,22,24). The summed E-state index contributed by atoms with van der Waals surface area (Å²) in [5.41, 5.74) is 0.374. The van der Waals surface area contributed by atoms with Gasteiger partial charge in [-0.1, -0.05) is 30.3 Å². The van der Waals surface area contributed by atoms with Crippen molar-refractivity contribution in [3.8, 4) is 0 Å². The number of benzene rings is 1. The minimum absolute atomic E-state index is 0.146. The molecule has 0 saturated carbocycles. The molecule has 7 heteroatoms. The molecule has 2 N–H and O–H groups in total. The van der Waals surface area contributed by atoms with Gasteiger partial charge in [0.05, 0.1) is 0 Å². The lowest BCUT2D eigenvalue weighted by Gasteiger charge is -2.20. The monoisotopic (exact) mass is 358 g/mol. The van der Waals surface area contributed by atoms with Crippen LogP contribution in [-0.2, 0) is 16.6 Å². The number of hydrogen-bond donors (Lipinski definition) is 2. The summed E-state index contributed by atoms with van der Waals surface area (Å²) in [5, 5.41) is 5.57. The van der Waals surface area contributed by atoms with Gasteiger partial charge in [0.15, 0.2) is 0 Å². The summed E-state index contributed by atoms with van der Waals surface area (Å²) in [5.74, 6) is 0.558. The molecule has 0 bridgehead atoms. The molecule has 0 spiro atoms. The van der Waals surface area contributed by atoms with Gasteiger partial charge >= 0.3 is 6.09 Å². The molecule has 2 rings (SSSR count). The summed E-state index contributed by atoms with van der Waals surface area (Å²) < 4.78 is 7.02. The van der Waals surface area contributed by atoms with Crippen LogP contribution in [0.15, 0.2) is 42.7 Å². The molecule has 0 saturated heterocycles. The quantitative estimate of drug-likeness (QED) is 0.831. The molecule has 2 amide bonds. The largest absolute Gasteiger partial charge is 0.444 e. The zero-order chi connectivity index (χ0) is 19.2. The number of amides is 2. The third-order valence-electron chi connectivity index (χ3n) is 3.58.